The molecule has 0 radical (unpaired) electrons. The third kappa shape index (κ3) is 4.29. The van der Waals surface area contributed by atoms with E-state index in [-0.39, 0.29) is 5.91 Å². The number of pyridine rings is 1. The van der Waals surface area contributed by atoms with Gasteiger partial charge in [-0.15, -0.1) is 0 Å². The fraction of sp³-hybridized carbons (Fsp3) is 0.235. The van der Waals surface area contributed by atoms with Gasteiger partial charge in [0.2, 0.25) is 0 Å². The zero-order valence-corrected chi connectivity index (χ0v) is 13.4. The van der Waals surface area contributed by atoms with E-state index in [4.69, 9.17) is 4.74 Å². The smallest absolute Gasteiger partial charge is 0.338 e. The molecule has 0 unspecified atom stereocenters. The second kappa shape index (κ2) is 7.40. The zero-order valence-electron chi connectivity index (χ0n) is 13.4. The third-order valence-corrected chi connectivity index (χ3v) is 3.16. The monoisotopic (exact) mass is 313 g/mol. The number of hydrogen-bond donors (Lipinski definition) is 1. The second-order valence-electron chi connectivity index (χ2n) is 5.05. The number of hydrogen-bond acceptors (Lipinski definition) is 5. The fourth-order valence-electron chi connectivity index (χ4n) is 1.94. The average molecular weight is 313 g/mol. The van der Waals surface area contributed by atoms with Crippen LogP contribution in [-0.4, -0.2) is 37.6 Å². The number of nitrogens with one attached hydrogen (secondary N) is 1. The van der Waals surface area contributed by atoms with Crippen LogP contribution in [0.15, 0.2) is 42.6 Å². The molecule has 0 spiro atoms. The number of benzene rings is 1. The van der Waals surface area contributed by atoms with E-state index in [2.05, 4.69) is 10.3 Å². The summed E-state index contributed by atoms with van der Waals surface area (Å²) in [6, 6.07) is 10.2. The molecule has 0 aliphatic carbocycles. The molecule has 1 heterocycles. The van der Waals surface area contributed by atoms with E-state index in [1.807, 2.05) is 31.1 Å². The number of nitrogens with zero attached hydrogens (tertiary/aromatic N) is 2. The molecule has 0 atom stereocenters. The van der Waals surface area contributed by atoms with Gasteiger partial charge in [0.25, 0.3) is 5.91 Å². The molecule has 0 aliphatic heterocycles. The topological polar surface area (TPSA) is 71.5 Å². The van der Waals surface area contributed by atoms with Crippen LogP contribution in [0.4, 0.5) is 11.5 Å². The molecule has 1 N–H and O–H groups in total. The van der Waals surface area contributed by atoms with Gasteiger partial charge in [-0.05, 0) is 43.3 Å². The van der Waals surface area contributed by atoms with Crippen LogP contribution in [0.3, 0.4) is 0 Å². The molecule has 0 aliphatic rings. The van der Waals surface area contributed by atoms with Crippen molar-refractivity contribution in [3.05, 3.63) is 53.7 Å². The standard InChI is InChI=1S/C17H19N3O3/c1-4-23-17(22)13-9-10-18-15(11-13)19-16(21)12-5-7-14(8-6-12)20(2)3/h5-11H,4H2,1-3H3,(H,18,19,21). The molecule has 23 heavy (non-hydrogen) atoms. The summed E-state index contributed by atoms with van der Waals surface area (Å²) >= 11 is 0. The van der Waals surface area contributed by atoms with Gasteiger partial charge in [0.15, 0.2) is 0 Å². The van der Waals surface area contributed by atoms with Gasteiger partial charge < -0.3 is 15.0 Å². The van der Waals surface area contributed by atoms with Gasteiger partial charge in [-0.3, -0.25) is 4.79 Å². The van der Waals surface area contributed by atoms with Crippen LogP contribution in [0.25, 0.3) is 0 Å². The van der Waals surface area contributed by atoms with E-state index in [9.17, 15) is 9.59 Å². The van der Waals surface area contributed by atoms with Crippen LogP contribution in [0.1, 0.15) is 27.6 Å². The Morgan fingerprint density at radius 1 is 1.13 bits per heavy atom. The summed E-state index contributed by atoms with van der Waals surface area (Å²) in [5.74, 6) is -0.429. The van der Waals surface area contributed by atoms with Crippen LogP contribution in [0.5, 0.6) is 0 Å². The van der Waals surface area contributed by atoms with E-state index in [0.29, 0.717) is 23.6 Å². The van der Waals surface area contributed by atoms with E-state index >= 15 is 0 Å². The summed E-state index contributed by atoms with van der Waals surface area (Å²) in [5, 5.41) is 2.67. The van der Waals surface area contributed by atoms with Crippen molar-refractivity contribution in [1.82, 2.24) is 4.98 Å². The van der Waals surface area contributed by atoms with Crippen molar-refractivity contribution in [2.24, 2.45) is 0 Å². The van der Waals surface area contributed by atoms with Crippen molar-refractivity contribution >= 4 is 23.4 Å². The summed E-state index contributed by atoms with van der Waals surface area (Å²) in [7, 11) is 3.86. The molecule has 2 aromatic rings. The summed E-state index contributed by atoms with van der Waals surface area (Å²) in [6.07, 6.45) is 1.46. The summed E-state index contributed by atoms with van der Waals surface area (Å²) in [5.41, 5.74) is 1.86. The van der Waals surface area contributed by atoms with Crippen LogP contribution >= 0.6 is 0 Å². The lowest BCUT2D eigenvalue weighted by Crippen LogP contribution is -2.14. The average Bonchev–Trinajstić information content (AvgIpc) is 2.55. The Balaban J connectivity index is 2.10. The molecule has 0 saturated carbocycles. The number of carbonyl (C=O) groups excluding carboxylic acids is 2. The summed E-state index contributed by atoms with van der Waals surface area (Å²) < 4.78 is 4.92. The Morgan fingerprint density at radius 3 is 2.43 bits per heavy atom. The molecular formula is C17H19N3O3. The number of carbonyl (C=O) groups is 2. The van der Waals surface area contributed by atoms with E-state index < -0.39 is 5.97 Å². The molecule has 0 bridgehead atoms. The summed E-state index contributed by atoms with van der Waals surface area (Å²) in [4.78, 5) is 29.9. The molecule has 120 valence electrons. The Morgan fingerprint density at radius 2 is 1.83 bits per heavy atom. The number of anilines is 2. The number of amides is 1. The lowest BCUT2D eigenvalue weighted by molar-refractivity contribution is 0.0526. The Bertz CT molecular complexity index is 696. The largest absolute Gasteiger partial charge is 0.462 e. The third-order valence-electron chi connectivity index (χ3n) is 3.16. The number of esters is 1. The predicted octanol–water partition coefficient (Wildman–Crippen LogP) is 2.58. The molecule has 1 aromatic carbocycles. The minimum Gasteiger partial charge on any atom is -0.462 e. The molecule has 0 saturated heterocycles. The predicted molar refractivity (Wildman–Crippen MR) is 88.9 cm³/mol. The highest BCUT2D eigenvalue weighted by Crippen LogP contribution is 2.14. The molecule has 2 rings (SSSR count). The lowest BCUT2D eigenvalue weighted by atomic mass is 10.2. The minimum atomic E-state index is -0.444. The van der Waals surface area contributed by atoms with Gasteiger partial charge in [0, 0.05) is 31.5 Å². The highest BCUT2D eigenvalue weighted by molar-refractivity contribution is 6.04. The Kier molecular flexibility index (Phi) is 5.30. The molecular weight excluding hydrogens is 294 g/mol. The van der Waals surface area contributed by atoms with Crippen molar-refractivity contribution in [3.63, 3.8) is 0 Å². The molecule has 1 aromatic heterocycles. The first kappa shape index (κ1) is 16.5. The number of ether oxygens (including phenoxy) is 1. The lowest BCUT2D eigenvalue weighted by Gasteiger charge is -2.12. The van der Waals surface area contributed by atoms with Gasteiger partial charge >= 0.3 is 5.97 Å². The van der Waals surface area contributed by atoms with E-state index in [0.717, 1.165) is 5.69 Å². The van der Waals surface area contributed by atoms with Gasteiger partial charge in [-0.1, -0.05) is 0 Å². The molecule has 6 nitrogen and oxygen atoms in total. The van der Waals surface area contributed by atoms with Crippen LogP contribution < -0.4 is 10.2 Å². The van der Waals surface area contributed by atoms with Crippen molar-refractivity contribution in [3.8, 4) is 0 Å². The molecule has 1 amide bonds. The quantitative estimate of drug-likeness (QED) is 0.859. The Hall–Kier alpha value is -2.89. The fourth-order valence-corrected chi connectivity index (χ4v) is 1.94. The SMILES string of the molecule is CCOC(=O)c1ccnc(NC(=O)c2ccc(N(C)C)cc2)c1. The van der Waals surface area contributed by atoms with Crippen LogP contribution in [0, 0.1) is 0 Å². The normalized spacial score (nSPS) is 10.0. The molecule has 0 fully saturated rings. The number of aromatic nitrogens is 1. The van der Waals surface area contributed by atoms with Crippen molar-refractivity contribution < 1.29 is 14.3 Å². The van der Waals surface area contributed by atoms with Crippen LogP contribution in [-0.2, 0) is 4.74 Å². The van der Waals surface area contributed by atoms with Crippen molar-refractivity contribution in [2.45, 2.75) is 6.92 Å². The second-order valence-corrected chi connectivity index (χ2v) is 5.05. The zero-order chi connectivity index (χ0) is 16.8. The van der Waals surface area contributed by atoms with Crippen molar-refractivity contribution in [2.75, 3.05) is 30.9 Å². The maximum absolute atomic E-state index is 12.2. The van der Waals surface area contributed by atoms with Gasteiger partial charge in [-0.2, -0.15) is 0 Å². The van der Waals surface area contributed by atoms with Crippen molar-refractivity contribution in [1.29, 1.82) is 0 Å². The van der Waals surface area contributed by atoms with Gasteiger partial charge in [-0.25, -0.2) is 9.78 Å². The first-order chi connectivity index (χ1) is 11.0. The Labute approximate surface area is 135 Å². The van der Waals surface area contributed by atoms with E-state index in [1.165, 1.54) is 12.3 Å². The molecule has 6 heteroatoms. The highest BCUT2D eigenvalue weighted by Gasteiger charge is 2.11. The van der Waals surface area contributed by atoms with Gasteiger partial charge in [0.05, 0.1) is 12.2 Å². The first-order valence-corrected chi connectivity index (χ1v) is 7.23. The maximum Gasteiger partial charge on any atom is 0.338 e. The van der Waals surface area contributed by atoms with E-state index in [1.54, 1.807) is 25.1 Å². The first-order valence-electron chi connectivity index (χ1n) is 7.23. The van der Waals surface area contributed by atoms with Gasteiger partial charge in [0.1, 0.15) is 5.82 Å². The van der Waals surface area contributed by atoms with Crippen LogP contribution in [0.2, 0.25) is 0 Å². The summed E-state index contributed by atoms with van der Waals surface area (Å²) in [6.45, 7) is 2.03. The minimum absolute atomic E-state index is 0.288. The maximum atomic E-state index is 12.2. The number of rotatable bonds is 5. The highest BCUT2D eigenvalue weighted by atomic mass is 16.5.